The van der Waals surface area contributed by atoms with Crippen LogP contribution in [0.1, 0.15) is 245 Å². The summed E-state index contributed by atoms with van der Waals surface area (Å²) in [5, 5.41) is 54.6. The van der Waals surface area contributed by atoms with Crippen LogP contribution < -0.4 is 5.32 Å². The average molecular weight is 918 g/mol. The van der Waals surface area contributed by atoms with Gasteiger partial charge in [-0.3, -0.25) is 4.79 Å². The molecule has 1 saturated heterocycles. The summed E-state index contributed by atoms with van der Waals surface area (Å²) in [6.45, 7) is 3.74. The molecule has 0 aromatic carbocycles. The highest BCUT2D eigenvalue weighted by molar-refractivity contribution is 5.76. The minimum atomic E-state index is -1.56. The van der Waals surface area contributed by atoms with Crippen LogP contribution in [0.25, 0.3) is 0 Å². The van der Waals surface area contributed by atoms with Gasteiger partial charge in [-0.25, -0.2) is 0 Å². The number of rotatable bonds is 46. The molecule has 380 valence electrons. The second kappa shape index (κ2) is 45.9. The lowest BCUT2D eigenvalue weighted by atomic mass is 9.99. The van der Waals surface area contributed by atoms with Gasteiger partial charge < -0.3 is 40.3 Å². The Labute approximate surface area is 399 Å². The molecule has 0 bridgehead atoms. The van der Waals surface area contributed by atoms with Crippen LogP contribution in [0.2, 0.25) is 0 Å². The molecule has 0 aromatic heterocycles. The Morgan fingerprint density at radius 2 is 0.954 bits per heavy atom. The van der Waals surface area contributed by atoms with E-state index in [9.17, 15) is 30.3 Å². The molecule has 0 radical (unpaired) electrons. The molecule has 0 saturated carbocycles. The van der Waals surface area contributed by atoms with E-state index in [1.165, 1.54) is 148 Å². The monoisotopic (exact) mass is 918 g/mol. The zero-order chi connectivity index (χ0) is 47.3. The molecule has 0 aromatic rings. The first kappa shape index (κ1) is 61.2. The molecule has 7 atom stereocenters. The first-order valence-corrected chi connectivity index (χ1v) is 27.3. The average Bonchev–Trinajstić information content (AvgIpc) is 3.31. The molecule has 9 heteroatoms. The first-order valence-electron chi connectivity index (χ1n) is 27.3. The lowest BCUT2D eigenvalue weighted by molar-refractivity contribution is -0.302. The van der Waals surface area contributed by atoms with Crippen LogP contribution in [0.5, 0.6) is 0 Å². The standard InChI is InChI=1S/C56H103NO8/c1-3-5-7-9-11-13-15-17-19-21-23-24-25-26-28-30-32-34-36-38-40-42-44-46-52(60)57-49(48-64-56-55(63)54(62)53(61)51(47-58)65-56)50(59)45-43-41-39-37-35-33-31-29-27-22-20-18-16-14-12-10-8-6-4-2/h5,7,11,13,17,19,23-24,49-51,53-56,58-59,61-63H,3-4,6,8-10,12,14-16,18,20-22,25-48H2,1-2H3,(H,57,60)/b7-5-,13-11-,19-17-,24-23-. The second-order valence-corrected chi connectivity index (χ2v) is 19.0. The summed E-state index contributed by atoms with van der Waals surface area (Å²) in [7, 11) is 0. The molecule has 1 aliphatic heterocycles. The smallest absolute Gasteiger partial charge is 0.220 e. The van der Waals surface area contributed by atoms with Gasteiger partial charge in [0.2, 0.25) is 5.91 Å². The molecule has 6 N–H and O–H groups in total. The van der Waals surface area contributed by atoms with Gasteiger partial charge in [0.05, 0.1) is 25.4 Å². The predicted molar refractivity (Wildman–Crippen MR) is 272 cm³/mol. The van der Waals surface area contributed by atoms with Crippen LogP contribution in [-0.2, 0) is 14.3 Å². The number of nitrogens with one attached hydrogen (secondary N) is 1. The van der Waals surface area contributed by atoms with Crippen molar-refractivity contribution in [2.24, 2.45) is 0 Å². The molecule has 1 fully saturated rings. The maximum absolute atomic E-state index is 13.1. The van der Waals surface area contributed by atoms with Gasteiger partial charge >= 0.3 is 0 Å². The number of hydrogen-bond donors (Lipinski definition) is 6. The number of carbonyl (C=O) groups excluding carboxylic acids is 1. The van der Waals surface area contributed by atoms with Crippen molar-refractivity contribution in [2.45, 2.75) is 288 Å². The van der Waals surface area contributed by atoms with Crippen LogP contribution in [-0.4, -0.2) is 87.5 Å². The summed E-state index contributed by atoms with van der Waals surface area (Å²) in [5.41, 5.74) is 0. The maximum atomic E-state index is 13.1. The second-order valence-electron chi connectivity index (χ2n) is 19.0. The van der Waals surface area contributed by atoms with Gasteiger partial charge in [0.1, 0.15) is 24.4 Å². The maximum Gasteiger partial charge on any atom is 0.220 e. The van der Waals surface area contributed by atoms with Crippen molar-refractivity contribution in [2.75, 3.05) is 13.2 Å². The summed E-state index contributed by atoms with van der Waals surface area (Å²) < 4.78 is 11.3. The van der Waals surface area contributed by atoms with E-state index in [0.717, 1.165) is 70.6 Å². The summed E-state index contributed by atoms with van der Waals surface area (Å²) >= 11 is 0. The number of carbonyl (C=O) groups is 1. The minimum Gasteiger partial charge on any atom is -0.394 e. The number of unbranched alkanes of at least 4 members (excludes halogenated alkanes) is 28. The van der Waals surface area contributed by atoms with Crippen LogP contribution in [0.4, 0.5) is 0 Å². The Morgan fingerprint density at radius 3 is 1.42 bits per heavy atom. The van der Waals surface area contributed by atoms with Crippen molar-refractivity contribution in [1.82, 2.24) is 5.32 Å². The molecule has 7 unspecified atom stereocenters. The largest absolute Gasteiger partial charge is 0.394 e. The minimum absolute atomic E-state index is 0.140. The zero-order valence-electron chi connectivity index (χ0n) is 42.0. The van der Waals surface area contributed by atoms with E-state index >= 15 is 0 Å². The Kier molecular flexibility index (Phi) is 43.2. The van der Waals surface area contributed by atoms with E-state index in [-0.39, 0.29) is 12.5 Å². The van der Waals surface area contributed by atoms with Crippen molar-refractivity contribution in [1.29, 1.82) is 0 Å². The van der Waals surface area contributed by atoms with Gasteiger partial charge in [0.15, 0.2) is 6.29 Å². The topological polar surface area (TPSA) is 149 Å². The Morgan fingerprint density at radius 1 is 0.538 bits per heavy atom. The third-order valence-electron chi connectivity index (χ3n) is 12.9. The summed E-state index contributed by atoms with van der Waals surface area (Å²) in [5.74, 6) is -0.148. The van der Waals surface area contributed by atoms with Crippen molar-refractivity contribution in [3.05, 3.63) is 48.6 Å². The van der Waals surface area contributed by atoms with Crippen LogP contribution in [0.3, 0.4) is 0 Å². The van der Waals surface area contributed by atoms with Gasteiger partial charge in [0, 0.05) is 6.42 Å². The van der Waals surface area contributed by atoms with E-state index in [2.05, 4.69) is 67.8 Å². The first-order chi connectivity index (χ1) is 31.8. The van der Waals surface area contributed by atoms with Gasteiger partial charge in [-0.15, -0.1) is 0 Å². The molecule has 1 rings (SSSR count). The van der Waals surface area contributed by atoms with Crippen LogP contribution in [0.15, 0.2) is 48.6 Å². The van der Waals surface area contributed by atoms with Crippen LogP contribution in [0, 0.1) is 0 Å². The van der Waals surface area contributed by atoms with Crippen molar-refractivity contribution in [3.8, 4) is 0 Å². The van der Waals surface area contributed by atoms with Gasteiger partial charge in [0.25, 0.3) is 0 Å². The van der Waals surface area contributed by atoms with Gasteiger partial charge in [-0.05, 0) is 51.4 Å². The number of ether oxygens (including phenoxy) is 2. The summed E-state index contributed by atoms with van der Waals surface area (Å²) in [6.07, 6.45) is 52.6. The fourth-order valence-electron chi connectivity index (χ4n) is 8.62. The van der Waals surface area contributed by atoms with E-state index in [1.807, 2.05) is 0 Å². The van der Waals surface area contributed by atoms with E-state index in [1.54, 1.807) is 0 Å². The molecular formula is C56H103NO8. The lowest BCUT2D eigenvalue weighted by Gasteiger charge is -2.40. The quantitative estimate of drug-likeness (QED) is 0.0261. The Bertz CT molecular complexity index is 1160. The summed E-state index contributed by atoms with van der Waals surface area (Å²) in [4.78, 5) is 13.1. The normalized spacial score (nSPS) is 20.3. The zero-order valence-corrected chi connectivity index (χ0v) is 42.0. The fraction of sp³-hybridized carbons (Fsp3) is 0.839. The van der Waals surface area contributed by atoms with Crippen molar-refractivity contribution < 1.29 is 39.8 Å². The molecule has 9 nitrogen and oxygen atoms in total. The van der Waals surface area contributed by atoms with Crippen molar-refractivity contribution >= 4 is 5.91 Å². The highest BCUT2D eigenvalue weighted by atomic mass is 16.7. The number of amides is 1. The third kappa shape index (κ3) is 35.9. The molecule has 0 spiro atoms. The molecule has 0 aliphatic carbocycles. The molecule has 1 aliphatic rings. The fourth-order valence-corrected chi connectivity index (χ4v) is 8.62. The molecule has 65 heavy (non-hydrogen) atoms. The van der Waals surface area contributed by atoms with Gasteiger partial charge in [-0.1, -0.05) is 236 Å². The van der Waals surface area contributed by atoms with E-state index in [4.69, 9.17) is 9.47 Å². The number of aliphatic hydroxyl groups is 5. The highest BCUT2D eigenvalue weighted by Gasteiger charge is 2.44. The van der Waals surface area contributed by atoms with Crippen LogP contribution >= 0.6 is 0 Å². The predicted octanol–water partition coefficient (Wildman–Crippen LogP) is 13.0. The number of allylic oxidation sites excluding steroid dienone is 8. The van der Waals surface area contributed by atoms with Crippen molar-refractivity contribution in [3.63, 3.8) is 0 Å². The molecular weight excluding hydrogens is 815 g/mol. The highest BCUT2D eigenvalue weighted by Crippen LogP contribution is 2.23. The third-order valence-corrected chi connectivity index (χ3v) is 12.9. The summed E-state index contributed by atoms with van der Waals surface area (Å²) in [6, 6.07) is -0.723. The SMILES string of the molecule is CC/C=C\C/C=C\C/C=C\C/C=C\CCCCCCCCCCCCC(=O)NC(COC1OC(CO)C(O)C(O)C1O)C(O)CCCCCCCCCCCCCCCCCCCCC. The van der Waals surface area contributed by atoms with E-state index in [0.29, 0.717) is 12.8 Å². The number of aliphatic hydroxyl groups excluding tert-OH is 5. The molecule has 1 heterocycles. The Balaban J connectivity index is 2.24. The van der Waals surface area contributed by atoms with E-state index < -0.39 is 49.5 Å². The van der Waals surface area contributed by atoms with Gasteiger partial charge in [-0.2, -0.15) is 0 Å². The number of hydrogen-bond acceptors (Lipinski definition) is 8. The Hall–Kier alpha value is -1.85. The lowest BCUT2D eigenvalue weighted by Crippen LogP contribution is -2.60. The molecule has 1 amide bonds.